The summed E-state index contributed by atoms with van der Waals surface area (Å²) in [5, 5.41) is 0. The van der Waals surface area contributed by atoms with Crippen molar-refractivity contribution in [3.8, 4) is 0 Å². The first-order valence-corrected chi connectivity index (χ1v) is 4.43. The van der Waals surface area contributed by atoms with E-state index in [0.29, 0.717) is 25.3 Å². The van der Waals surface area contributed by atoms with Gasteiger partial charge in [-0.3, -0.25) is 4.79 Å². The van der Waals surface area contributed by atoms with Gasteiger partial charge in [0.1, 0.15) is 12.4 Å². The van der Waals surface area contributed by atoms with E-state index in [1.165, 1.54) is 0 Å². The van der Waals surface area contributed by atoms with Crippen LogP contribution in [0.3, 0.4) is 0 Å². The molecule has 1 fully saturated rings. The maximum absolute atomic E-state index is 11.1. The van der Waals surface area contributed by atoms with Gasteiger partial charge in [0.05, 0.1) is 0 Å². The van der Waals surface area contributed by atoms with Crippen LogP contribution in [0.25, 0.3) is 0 Å². The Labute approximate surface area is 78.0 Å². The number of hydrogen-bond acceptors (Lipinski definition) is 3. The molecule has 1 saturated heterocycles. The van der Waals surface area contributed by atoms with Crippen LogP contribution < -0.4 is 0 Å². The normalized spacial score (nSPS) is 16.4. The minimum Gasteiger partial charge on any atom is -0.343 e. The van der Waals surface area contributed by atoms with E-state index in [0.717, 1.165) is 13.0 Å². The molecule has 0 atom stereocenters. The zero-order valence-corrected chi connectivity index (χ0v) is 7.91. The molecular formula is C9H15NO3. The monoisotopic (exact) mass is 185 g/mol. The number of carbonyl (C=O) groups is 1. The van der Waals surface area contributed by atoms with Crippen LogP contribution in [-0.2, 0) is 14.6 Å². The van der Waals surface area contributed by atoms with Crippen LogP contribution in [-0.4, -0.2) is 30.5 Å². The minimum atomic E-state index is 0.207. The predicted molar refractivity (Wildman–Crippen MR) is 47.7 cm³/mol. The van der Waals surface area contributed by atoms with Crippen molar-refractivity contribution in [2.24, 2.45) is 0 Å². The number of allylic oxidation sites excluding steroid dienone is 1. The summed E-state index contributed by atoms with van der Waals surface area (Å²) < 4.78 is 0. The molecule has 74 valence electrons. The molecule has 0 spiro atoms. The zero-order chi connectivity index (χ0) is 9.68. The van der Waals surface area contributed by atoms with E-state index >= 15 is 0 Å². The maximum Gasteiger partial charge on any atom is 0.222 e. The number of carbonyl (C=O) groups excluding carboxylic acids is 1. The van der Waals surface area contributed by atoms with E-state index in [1.807, 2.05) is 0 Å². The fourth-order valence-corrected chi connectivity index (χ4v) is 1.23. The van der Waals surface area contributed by atoms with Gasteiger partial charge in [0.25, 0.3) is 0 Å². The second-order valence-corrected chi connectivity index (χ2v) is 3.09. The maximum atomic E-state index is 11.1. The van der Waals surface area contributed by atoms with Gasteiger partial charge in [-0.25, -0.2) is 0 Å². The Morgan fingerprint density at radius 2 is 2.46 bits per heavy atom. The van der Waals surface area contributed by atoms with Crippen LogP contribution in [0.2, 0.25) is 0 Å². The van der Waals surface area contributed by atoms with Crippen LogP contribution in [0.5, 0.6) is 0 Å². The van der Waals surface area contributed by atoms with E-state index in [2.05, 4.69) is 6.58 Å². The van der Waals surface area contributed by atoms with Gasteiger partial charge in [-0.05, 0) is 13.3 Å². The van der Waals surface area contributed by atoms with Crippen molar-refractivity contribution < 1.29 is 14.6 Å². The first-order chi connectivity index (χ1) is 6.20. The lowest BCUT2D eigenvalue weighted by Gasteiger charge is -2.14. The van der Waals surface area contributed by atoms with Gasteiger partial charge in [0.2, 0.25) is 5.91 Å². The molecule has 0 aromatic heterocycles. The molecule has 13 heavy (non-hydrogen) atoms. The molecule has 4 nitrogen and oxygen atoms in total. The second-order valence-electron chi connectivity index (χ2n) is 3.09. The molecule has 1 rings (SSSR count). The summed E-state index contributed by atoms with van der Waals surface area (Å²) in [7, 11) is 0. The number of hydrogen-bond donors (Lipinski definition) is 0. The Kier molecular flexibility index (Phi) is 3.76. The highest BCUT2D eigenvalue weighted by molar-refractivity contribution is 5.77. The van der Waals surface area contributed by atoms with Gasteiger partial charge in [0.15, 0.2) is 0 Å². The van der Waals surface area contributed by atoms with Crippen molar-refractivity contribution in [2.75, 3.05) is 19.7 Å². The summed E-state index contributed by atoms with van der Waals surface area (Å²) >= 11 is 0. The molecule has 0 saturated carbocycles. The van der Waals surface area contributed by atoms with E-state index in [-0.39, 0.29) is 5.91 Å². The molecular weight excluding hydrogens is 170 g/mol. The number of amides is 1. The third-order valence-electron chi connectivity index (χ3n) is 1.82. The largest absolute Gasteiger partial charge is 0.343 e. The fourth-order valence-electron chi connectivity index (χ4n) is 1.23. The van der Waals surface area contributed by atoms with E-state index in [1.54, 1.807) is 11.8 Å². The first-order valence-electron chi connectivity index (χ1n) is 4.43. The van der Waals surface area contributed by atoms with Crippen molar-refractivity contribution >= 4 is 5.91 Å². The van der Waals surface area contributed by atoms with Crippen LogP contribution in [0.15, 0.2) is 12.3 Å². The molecule has 0 aromatic rings. The number of nitrogens with zero attached hydrogens (tertiary/aromatic N) is 1. The van der Waals surface area contributed by atoms with Crippen LogP contribution in [0.4, 0.5) is 0 Å². The predicted octanol–water partition coefficient (Wildman–Crippen LogP) is 1.09. The van der Waals surface area contributed by atoms with Crippen molar-refractivity contribution in [3.63, 3.8) is 0 Å². The average Bonchev–Trinajstić information content (AvgIpc) is 2.45. The SMILES string of the molecule is C=C(C)OOCCN1CCCC1=O. The second kappa shape index (κ2) is 4.87. The third-order valence-corrected chi connectivity index (χ3v) is 1.82. The molecule has 1 amide bonds. The van der Waals surface area contributed by atoms with Crippen LogP contribution in [0.1, 0.15) is 19.8 Å². The summed E-state index contributed by atoms with van der Waals surface area (Å²) in [5.41, 5.74) is 0. The van der Waals surface area contributed by atoms with E-state index in [9.17, 15) is 4.79 Å². The van der Waals surface area contributed by atoms with Gasteiger partial charge in [0, 0.05) is 19.5 Å². The van der Waals surface area contributed by atoms with Crippen molar-refractivity contribution in [1.82, 2.24) is 4.90 Å². The molecule has 0 N–H and O–H groups in total. The minimum absolute atomic E-state index is 0.207. The smallest absolute Gasteiger partial charge is 0.222 e. The summed E-state index contributed by atoms with van der Waals surface area (Å²) in [4.78, 5) is 22.4. The number of likely N-dealkylation sites (tertiary alicyclic amines) is 1. The Balaban J connectivity index is 2.05. The Hall–Kier alpha value is -1.03. The average molecular weight is 185 g/mol. The quantitative estimate of drug-likeness (QED) is 0.278. The van der Waals surface area contributed by atoms with Gasteiger partial charge in [-0.1, -0.05) is 6.58 Å². The van der Waals surface area contributed by atoms with Crippen molar-refractivity contribution in [3.05, 3.63) is 12.3 Å². The highest BCUT2D eigenvalue weighted by Crippen LogP contribution is 2.08. The highest BCUT2D eigenvalue weighted by atomic mass is 17.2. The molecule has 1 aliphatic rings. The molecule has 0 bridgehead atoms. The van der Waals surface area contributed by atoms with Crippen LogP contribution >= 0.6 is 0 Å². The van der Waals surface area contributed by atoms with Crippen molar-refractivity contribution in [1.29, 1.82) is 0 Å². The Morgan fingerprint density at radius 3 is 3.00 bits per heavy atom. The topological polar surface area (TPSA) is 38.8 Å². The van der Waals surface area contributed by atoms with Crippen LogP contribution in [0, 0.1) is 0 Å². The molecule has 0 aliphatic carbocycles. The summed E-state index contributed by atoms with van der Waals surface area (Å²) in [6.45, 7) is 7.07. The lowest BCUT2D eigenvalue weighted by atomic mass is 10.4. The van der Waals surface area contributed by atoms with Gasteiger partial charge < -0.3 is 9.79 Å². The standard InChI is InChI=1S/C9H15NO3/c1-8(2)13-12-7-6-10-5-3-4-9(10)11/h1,3-7H2,2H3. The molecule has 0 aromatic carbocycles. The summed E-state index contributed by atoms with van der Waals surface area (Å²) in [5.74, 6) is 0.728. The Bertz CT molecular complexity index is 203. The zero-order valence-electron chi connectivity index (χ0n) is 7.91. The summed E-state index contributed by atoms with van der Waals surface area (Å²) in [6.07, 6.45) is 1.63. The van der Waals surface area contributed by atoms with E-state index < -0.39 is 0 Å². The molecule has 0 radical (unpaired) electrons. The lowest BCUT2D eigenvalue weighted by molar-refractivity contribution is -0.261. The van der Waals surface area contributed by atoms with Gasteiger partial charge >= 0.3 is 0 Å². The highest BCUT2D eigenvalue weighted by Gasteiger charge is 2.19. The van der Waals surface area contributed by atoms with E-state index in [4.69, 9.17) is 9.78 Å². The Morgan fingerprint density at radius 1 is 1.69 bits per heavy atom. The first kappa shape index (κ1) is 10.1. The third kappa shape index (κ3) is 3.46. The van der Waals surface area contributed by atoms with Crippen molar-refractivity contribution in [2.45, 2.75) is 19.8 Å². The van der Waals surface area contributed by atoms with Gasteiger partial charge in [-0.2, -0.15) is 4.89 Å². The van der Waals surface area contributed by atoms with Gasteiger partial charge in [-0.15, -0.1) is 0 Å². The molecule has 1 heterocycles. The molecule has 4 heteroatoms. The molecule has 0 unspecified atom stereocenters. The fraction of sp³-hybridized carbons (Fsp3) is 0.667. The number of rotatable bonds is 5. The summed E-state index contributed by atoms with van der Waals surface area (Å²) in [6, 6.07) is 0. The molecule has 1 aliphatic heterocycles. The lowest BCUT2D eigenvalue weighted by Crippen LogP contribution is -2.28.